The largest absolute Gasteiger partial charge is 0.323 e. The maximum atomic E-state index is 13.5. The van der Waals surface area contributed by atoms with E-state index in [2.05, 4.69) is 20.8 Å². The standard InChI is InChI=1S/C16H13F2N5OS/c1-10-3-2-4-12(7-10)23-16(20-21-22-23)25-9-15(24)19-14-6-5-11(17)8-13(14)18/h2-8H,9H2,1H3,(H,19,24). The van der Waals surface area contributed by atoms with Crippen LogP contribution in [0.5, 0.6) is 0 Å². The fraction of sp³-hybridized carbons (Fsp3) is 0.125. The van der Waals surface area contributed by atoms with Crippen molar-refractivity contribution in [1.29, 1.82) is 0 Å². The zero-order valence-electron chi connectivity index (χ0n) is 13.1. The fourth-order valence-corrected chi connectivity index (χ4v) is 2.79. The first kappa shape index (κ1) is 17.0. The Hall–Kier alpha value is -2.81. The van der Waals surface area contributed by atoms with Gasteiger partial charge in [0.2, 0.25) is 11.1 Å². The maximum Gasteiger partial charge on any atom is 0.234 e. The summed E-state index contributed by atoms with van der Waals surface area (Å²) in [7, 11) is 0. The number of aromatic nitrogens is 4. The first-order chi connectivity index (χ1) is 12.0. The van der Waals surface area contributed by atoms with Crippen LogP contribution >= 0.6 is 11.8 Å². The predicted molar refractivity (Wildman–Crippen MR) is 89.6 cm³/mol. The highest BCUT2D eigenvalue weighted by Crippen LogP contribution is 2.20. The van der Waals surface area contributed by atoms with E-state index >= 15 is 0 Å². The number of thioether (sulfide) groups is 1. The number of amides is 1. The summed E-state index contributed by atoms with van der Waals surface area (Å²) in [6.45, 7) is 1.95. The molecule has 128 valence electrons. The Bertz CT molecular complexity index is 915. The number of hydrogen-bond donors (Lipinski definition) is 1. The topological polar surface area (TPSA) is 72.7 Å². The highest BCUT2D eigenvalue weighted by Gasteiger charge is 2.13. The molecule has 0 saturated carbocycles. The van der Waals surface area contributed by atoms with Gasteiger partial charge in [0.05, 0.1) is 17.1 Å². The summed E-state index contributed by atoms with van der Waals surface area (Å²) in [6.07, 6.45) is 0. The molecule has 0 spiro atoms. The van der Waals surface area contributed by atoms with Gasteiger partial charge >= 0.3 is 0 Å². The van der Waals surface area contributed by atoms with Gasteiger partial charge in [0.15, 0.2) is 0 Å². The molecule has 1 amide bonds. The number of nitrogens with zero attached hydrogens (tertiary/aromatic N) is 4. The third-order valence-corrected chi connectivity index (χ3v) is 4.14. The van der Waals surface area contributed by atoms with Crippen molar-refractivity contribution < 1.29 is 13.6 Å². The van der Waals surface area contributed by atoms with Crippen LogP contribution in [0.3, 0.4) is 0 Å². The van der Waals surface area contributed by atoms with Crippen molar-refractivity contribution in [3.63, 3.8) is 0 Å². The van der Waals surface area contributed by atoms with Gasteiger partial charge in [-0.3, -0.25) is 4.79 Å². The Labute approximate surface area is 146 Å². The molecule has 0 fully saturated rings. The number of hydrogen-bond acceptors (Lipinski definition) is 5. The molecule has 1 heterocycles. The number of carbonyl (C=O) groups is 1. The van der Waals surface area contributed by atoms with Gasteiger partial charge in [0.25, 0.3) is 0 Å². The van der Waals surface area contributed by atoms with Gasteiger partial charge in [-0.1, -0.05) is 23.9 Å². The third-order valence-electron chi connectivity index (χ3n) is 3.22. The normalized spacial score (nSPS) is 10.7. The summed E-state index contributed by atoms with van der Waals surface area (Å²) in [5.41, 5.74) is 1.75. The lowest BCUT2D eigenvalue weighted by Gasteiger charge is -2.07. The van der Waals surface area contributed by atoms with E-state index in [9.17, 15) is 13.6 Å². The summed E-state index contributed by atoms with van der Waals surface area (Å²) in [5, 5.41) is 14.2. The molecule has 3 aromatic rings. The van der Waals surface area contributed by atoms with Crippen LogP contribution in [0.1, 0.15) is 5.56 Å². The van der Waals surface area contributed by atoms with Crippen LogP contribution < -0.4 is 5.32 Å². The van der Waals surface area contributed by atoms with E-state index in [-0.39, 0.29) is 11.4 Å². The van der Waals surface area contributed by atoms with E-state index in [0.29, 0.717) is 11.2 Å². The Kier molecular flexibility index (Phi) is 5.03. The van der Waals surface area contributed by atoms with Gasteiger partial charge in [-0.25, -0.2) is 8.78 Å². The molecule has 1 aromatic heterocycles. The second kappa shape index (κ2) is 7.39. The molecule has 0 radical (unpaired) electrons. The summed E-state index contributed by atoms with van der Waals surface area (Å²) < 4.78 is 27.9. The number of aryl methyl sites for hydroxylation is 1. The number of anilines is 1. The molecule has 0 saturated heterocycles. The van der Waals surface area contributed by atoms with E-state index in [1.807, 2.05) is 31.2 Å². The number of tetrazole rings is 1. The highest BCUT2D eigenvalue weighted by atomic mass is 32.2. The molecular weight excluding hydrogens is 348 g/mol. The molecule has 6 nitrogen and oxygen atoms in total. The zero-order valence-corrected chi connectivity index (χ0v) is 13.9. The van der Waals surface area contributed by atoms with Crippen molar-refractivity contribution in [3.05, 3.63) is 59.7 Å². The number of nitrogens with one attached hydrogen (secondary N) is 1. The minimum atomic E-state index is -0.831. The Morgan fingerprint density at radius 1 is 1.24 bits per heavy atom. The number of halogens is 2. The molecule has 9 heteroatoms. The van der Waals surface area contributed by atoms with E-state index in [0.717, 1.165) is 29.1 Å². The predicted octanol–water partition coefficient (Wildman–Crippen LogP) is 2.98. The summed E-state index contributed by atoms with van der Waals surface area (Å²) in [5.74, 6) is -2.01. The summed E-state index contributed by atoms with van der Waals surface area (Å²) in [4.78, 5) is 12.0. The van der Waals surface area contributed by atoms with E-state index in [1.54, 1.807) is 0 Å². The molecule has 0 aliphatic carbocycles. The maximum absolute atomic E-state index is 13.5. The average molecular weight is 361 g/mol. The average Bonchev–Trinajstić information content (AvgIpc) is 3.04. The van der Waals surface area contributed by atoms with E-state index < -0.39 is 17.5 Å². The number of rotatable bonds is 5. The lowest BCUT2D eigenvalue weighted by atomic mass is 10.2. The smallest absolute Gasteiger partial charge is 0.234 e. The molecule has 2 aromatic carbocycles. The van der Waals surface area contributed by atoms with Crippen molar-refractivity contribution in [2.75, 3.05) is 11.1 Å². The number of carbonyl (C=O) groups excluding carboxylic acids is 1. The Morgan fingerprint density at radius 2 is 2.08 bits per heavy atom. The molecule has 25 heavy (non-hydrogen) atoms. The molecule has 0 unspecified atom stereocenters. The van der Waals surface area contributed by atoms with Crippen LogP contribution in [0.4, 0.5) is 14.5 Å². The summed E-state index contributed by atoms with van der Waals surface area (Å²) in [6, 6.07) is 10.5. The SMILES string of the molecule is Cc1cccc(-n2nnnc2SCC(=O)Nc2ccc(F)cc2F)c1. The van der Waals surface area contributed by atoms with Crippen molar-refractivity contribution >= 4 is 23.4 Å². The van der Waals surface area contributed by atoms with Gasteiger partial charge in [0, 0.05) is 6.07 Å². The Balaban J connectivity index is 1.66. The van der Waals surface area contributed by atoms with E-state index in [1.165, 1.54) is 10.7 Å². The van der Waals surface area contributed by atoms with Crippen LogP contribution in [0.15, 0.2) is 47.6 Å². The second-order valence-corrected chi connectivity index (χ2v) is 6.12. The van der Waals surface area contributed by atoms with Gasteiger partial charge in [-0.05, 0) is 47.2 Å². The molecule has 0 aliphatic rings. The van der Waals surface area contributed by atoms with Gasteiger partial charge in [-0.15, -0.1) is 5.10 Å². The molecule has 0 bridgehead atoms. The van der Waals surface area contributed by atoms with Gasteiger partial charge in [0.1, 0.15) is 11.6 Å². The fourth-order valence-electron chi connectivity index (χ4n) is 2.10. The van der Waals surface area contributed by atoms with Crippen LogP contribution in [0.25, 0.3) is 5.69 Å². The molecule has 1 N–H and O–H groups in total. The first-order valence-electron chi connectivity index (χ1n) is 7.26. The molecule has 0 aliphatic heterocycles. The van der Waals surface area contributed by atoms with Gasteiger partial charge < -0.3 is 5.32 Å². The first-order valence-corrected chi connectivity index (χ1v) is 8.24. The van der Waals surface area contributed by atoms with Crippen molar-refractivity contribution in [1.82, 2.24) is 20.2 Å². The van der Waals surface area contributed by atoms with Crippen molar-refractivity contribution in [2.45, 2.75) is 12.1 Å². The van der Waals surface area contributed by atoms with Crippen LogP contribution in [0.2, 0.25) is 0 Å². The third kappa shape index (κ3) is 4.18. The van der Waals surface area contributed by atoms with Crippen molar-refractivity contribution in [2.24, 2.45) is 0 Å². The minimum absolute atomic E-state index is 0.0248. The lowest BCUT2D eigenvalue weighted by Crippen LogP contribution is -2.15. The zero-order chi connectivity index (χ0) is 17.8. The van der Waals surface area contributed by atoms with Crippen LogP contribution in [0, 0.1) is 18.6 Å². The van der Waals surface area contributed by atoms with E-state index in [4.69, 9.17) is 0 Å². The van der Waals surface area contributed by atoms with Gasteiger partial charge in [-0.2, -0.15) is 4.68 Å². The van der Waals surface area contributed by atoms with Crippen LogP contribution in [-0.2, 0) is 4.79 Å². The summed E-state index contributed by atoms with van der Waals surface area (Å²) >= 11 is 1.11. The van der Waals surface area contributed by atoms with Crippen LogP contribution in [-0.4, -0.2) is 31.9 Å². The van der Waals surface area contributed by atoms with Crippen molar-refractivity contribution in [3.8, 4) is 5.69 Å². The lowest BCUT2D eigenvalue weighted by molar-refractivity contribution is -0.113. The number of benzene rings is 2. The molecule has 3 rings (SSSR count). The monoisotopic (exact) mass is 361 g/mol. The second-order valence-electron chi connectivity index (χ2n) is 5.17. The molecule has 0 atom stereocenters. The quantitative estimate of drug-likeness (QED) is 0.708. The highest BCUT2D eigenvalue weighted by molar-refractivity contribution is 7.99. The molecular formula is C16H13F2N5OS. The minimum Gasteiger partial charge on any atom is -0.323 e. The Morgan fingerprint density at radius 3 is 2.84 bits per heavy atom.